The van der Waals surface area contributed by atoms with Crippen LogP contribution in [0.4, 0.5) is 4.39 Å². The van der Waals surface area contributed by atoms with Gasteiger partial charge in [0.25, 0.3) is 0 Å². The van der Waals surface area contributed by atoms with E-state index in [-0.39, 0.29) is 11.9 Å². The molecule has 0 radical (unpaired) electrons. The molecule has 0 spiro atoms. The summed E-state index contributed by atoms with van der Waals surface area (Å²) in [6.07, 6.45) is 0. The summed E-state index contributed by atoms with van der Waals surface area (Å²) in [7, 11) is 0. The molecule has 5 heteroatoms. The van der Waals surface area contributed by atoms with Crippen molar-refractivity contribution in [3.05, 3.63) is 54.0 Å². The largest absolute Gasteiger partial charge is 0.306 e. The Hall–Kier alpha value is -0.170. The van der Waals surface area contributed by atoms with Crippen LogP contribution in [0, 0.1) is 15.6 Å². The van der Waals surface area contributed by atoms with Crippen LogP contribution >= 0.6 is 45.5 Å². The zero-order valence-electron chi connectivity index (χ0n) is 10.6. The van der Waals surface area contributed by atoms with Crippen LogP contribution in [-0.4, -0.2) is 6.54 Å². The molecular weight excluding hydrogens is 396 g/mol. The molecule has 1 N–H and O–H groups in total. The standard InChI is InChI=1S/C14H14ClFINS/c1-3-18-14(9-5-13(17)19-7-9)10-4-8(2)12(16)6-11(10)15/h4-7,14,18H,3H2,1-2H3. The maximum atomic E-state index is 13.5. The Kier molecular flexibility index (Phi) is 5.22. The smallest absolute Gasteiger partial charge is 0.127 e. The van der Waals surface area contributed by atoms with Gasteiger partial charge in [-0.05, 0) is 76.3 Å². The first-order chi connectivity index (χ1) is 9.02. The summed E-state index contributed by atoms with van der Waals surface area (Å²) in [5.41, 5.74) is 2.72. The Bertz CT molecular complexity index is 585. The lowest BCUT2D eigenvalue weighted by molar-refractivity contribution is 0.607. The van der Waals surface area contributed by atoms with Crippen molar-refractivity contribution >= 4 is 45.5 Å². The number of rotatable bonds is 4. The Morgan fingerprint density at radius 1 is 1.42 bits per heavy atom. The summed E-state index contributed by atoms with van der Waals surface area (Å²) >= 11 is 10.2. The zero-order chi connectivity index (χ0) is 14.0. The van der Waals surface area contributed by atoms with Gasteiger partial charge in [-0.25, -0.2) is 4.39 Å². The van der Waals surface area contributed by atoms with Crippen molar-refractivity contribution in [3.8, 4) is 0 Å². The Morgan fingerprint density at radius 3 is 2.74 bits per heavy atom. The average molecular weight is 410 g/mol. The molecule has 1 heterocycles. The highest BCUT2D eigenvalue weighted by Crippen LogP contribution is 2.32. The van der Waals surface area contributed by atoms with Gasteiger partial charge < -0.3 is 5.32 Å². The van der Waals surface area contributed by atoms with E-state index in [0.29, 0.717) is 10.6 Å². The highest BCUT2D eigenvalue weighted by molar-refractivity contribution is 14.1. The molecule has 1 aromatic heterocycles. The van der Waals surface area contributed by atoms with E-state index in [1.54, 1.807) is 18.3 Å². The van der Waals surface area contributed by atoms with Crippen LogP contribution in [0.5, 0.6) is 0 Å². The molecule has 1 atom stereocenters. The van der Waals surface area contributed by atoms with Crippen molar-refractivity contribution in [3.63, 3.8) is 0 Å². The lowest BCUT2D eigenvalue weighted by Crippen LogP contribution is -2.22. The highest BCUT2D eigenvalue weighted by atomic mass is 127. The summed E-state index contributed by atoms with van der Waals surface area (Å²) in [6.45, 7) is 4.63. The average Bonchev–Trinajstić information content (AvgIpc) is 2.78. The minimum absolute atomic E-state index is 0.0107. The fraction of sp³-hybridized carbons (Fsp3) is 0.286. The van der Waals surface area contributed by atoms with E-state index in [4.69, 9.17) is 11.6 Å². The van der Waals surface area contributed by atoms with Gasteiger partial charge in [-0.1, -0.05) is 18.5 Å². The Labute approximate surface area is 135 Å². The number of halogens is 3. The molecule has 19 heavy (non-hydrogen) atoms. The predicted molar refractivity (Wildman–Crippen MR) is 88.7 cm³/mol. The summed E-state index contributed by atoms with van der Waals surface area (Å²) in [5, 5.41) is 6.00. The molecule has 0 aliphatic heterocycles. The van der Waals surface area contributed by atoms with E-state index in [1.807, 2.05) is 6.07 Å². The van der Waals surface area contributed by atoms with E-state index in [0.717, 1.165) is 12.1 Å². The number of thiophene rings is 1. The summed E-state index contributed by atoms with van der Waals surface area (Å²) < 4.78 is 14.7. The molecular formula is C14H14ClFINS. The molecule has 0 bridgehead atoms. The van der Waals surface area contributed by atoms with Crippen molar-refractivity contribution < 1.29 is 4.39 Å². The maximum absolute atomic E-state index is 13.5. The highest BCUT2D eigenvalue weighted by Gasteiger charge is 2.18. The maximum Gasteiger partial charge on any atom is 0.127 e. The van der Waals surface area contributed by atoms with Gasteiger partial charge in [-0.2, -0.15) is 0 Å². The van der Waals surface area contributed by atoms with Crippen molar-refractivity contribution in [2.45, 2.75) is 19.9 Å². The van der Waals surface area contributed by atoms with Crippen LogP contribution in [0.15, 0.2) is 23.6 Å². The number of benzene rings is 1. The van der Waals surface area contributed by atoms with Crippen molar-refractivity contribution in [1.82, 2.24) is 5.32 Å². The zero-order valence-corrected chi connectivity index (χ0v) is 14.4. The van der Waals surface area contributed by atoms with Gasteiger partial charge in [0.1, 0.15) is 5.82 Å². The molecule has 0 aliphatic rings. The first kappa shape index (κ1) is 15.2. The van der Waals surface area contributed by atoms with E-state index >= 15 is 0 Å². The Morgan fingerprint density at radius 2 is 2.16 bits per heavy atom. The third kappa shape index (κ3) is 3.48. The van der Waals surface area contributed by atoms with Gasteiger partial charge in [0.2, 0.25) is 0 Å². The van der Waals surface area contributed by atoms with Gasteiger partial charge >= 0.3 is 0 Å². The molecule has 1 aromatic carbocycles. The number of nitrogens with one attached hydrogen (secondary N) is 1. The van der Waals surface area contributed by atoms with Crippen LogP contribution in [0.3, 0.4) is 0 Å². The predicted octanol–water partition coefficient (Wildman–Crippen LogP) is 5.15. The molecule has 0 fully saturated rings. The van der Waals surface area contributed by atoms with Crippen LogP contribution in [-0.2, 0) is 0 Å². The van der Waals surface area contributed by atoms with Crippen LogP contribution in [0.2, 0.25) is 5.02 Å². The van der Waals surface area contributed by atoms with Gasteiger partial charge in [0, 0.05) is 5.02 Å². The molecule has 2 rings (SSSR count). The van der Waals surface area contributed by atoms with Gasteiger partial charge in [-0.3, -0.25) is 0 Å². The third-order valence-electron chi connectivity index (χ3n) is 2.92. The molecule has 1 unspecified atom stereocenters. The number of aryl methyl sites for hydroxylation is 1. The monoisotopic (exact) mass is 409 g/mol. The molecule has 0 saturated carbocycles. The van der Waals surface area contributed by atoms with E-state index in [2.05, 4.69) is 46.3 Å². The van der Waals surface area contributed by atoms with Crippen molar-refractivity contribution in [1.29, 1.82) is 0 Å². The number of hydrogen-bond acceptors (Lipinski definition) is 2. The first-order valence-corrected chi connectivity index (χ1v) is 8.29. The second-order valence-electron chi connectivity index (χ2n) is 4.30. The summed E-state index contributed by atoms with van der Waals surface area (Å²) in [4.78, 5) is 0. The van der Waals surface area contributed by atoms with Gasteiger partial charge in [0.05, 0.1) is 8.93 Å². The minimum Gasteiger partial charge on any atom is -0.306 e. The van der Waals surface area contributed by atoms with E-state index < -0.39 is 0 Å². The van der Waals surface area contributed by atoms with Gasteiger partial charge in [-0.15, -0.1) is 11.3 Å². The van der Waals surface area contributed by atoms with Gasteiger partial charge in [0.15, 0.2) is 0 Å². The van der Waals surface area contributed by atoms with E-state index in [1.165, 1.54) is 14.5 Å². The molecule has 0 amide bonds. The fourth-order valence-corrected chi connectivity index (χ4v) is 3.64. The summed E-state index contributed by atoms with van der Waals surface area (Å²) in [6, 6.07) is 5.37. The normalized spacial score (nSPS) is 12.7. The molecule has 0 aliphatic carbocycles. The van der Waals surface area contributed by atoms with Crippen molar-refractivity contribution in [2.24, 2.45) is 0 Å². The summed E-state index contributed by atoms with van der Waals surface area (Å²) in [5.74, 6) is -0.260. The van der Waals surface area contributed by atoms with Crippen LogP contribution in [0.25, 0.3) is 0 Å². The second kappa shape index (κ2) is 6.52. The fourth-order valence-electron chi connectivity index (χ4n) is 1.99. The first-order valence-electron chi connectivity index (χ1n) is 5.95. The lowest BCUT2D eigenvalue weighted by atomic mass is 9.99. The molecule has 2 aromatic rings. The van der Waals surface area contributed by atoms with E-state index in [9.17, 15) is 4.39 Å². The Balaban J connectivity index is 2.47. The topological polar surface area (TPSA) is 12.0 Å². The molecule has 1 nitrogen and oxygen atoms in total. The third-order valence-corrected chi connectivity index (χ3v) is 5.05. The number of hydrogen-bond donors (Lipinski definition) is 1. The minimum atomic E-state index is -0.260. The SMILES string of the molecule is CCNC(c1csc(I)c1)c1cc(C)c(F)cc1Cl. The lowest BCUT2D eigenvalue weighted by Gasteiger charge is -2.19. The quantitative estimate of drug-likeness (QED) is 0.688. The molecule has 0 saturated heterocycles. The van der Waals surface area contributed by atoms with Crippen LogP contribution in [0.1, 0.15) is 29.7 Å². The van der Waals surface area contributed by atoms with Crippen molar-refractivity contribution in [2.75, 3.05) is 6.54 Å². The van der Waals surface area contributed by atoms with Crippen LogP contribution < -0.4 is 5.32 Å². The second-order valence-corrected chi connectivity index (χ2v) is 7.51. The molecule has 102 valence electrons.